The van der Waals surface area contributed by atoms with E-state index in [2.05, 4.69) is 46.5 Å². The molecular weight excluding hydrogens is 419 g/mol. The molecule has 0 aliphatic carbocycles. The van der Waals surface area contributed by atoms with Gasteiger partial charge in [0, 0.05) is 18.3 Å². The van der Waals surface area contributed by atoms with Crippen LogP contribution in [0, 0.1) is 5.82 Å². The number of anilines is 1. The Morgan fingerprint density at radius 1 is 1.26 bits per heavy atom. The number of ether oxygens (including phenoxy) is 1. The monoisotopic (exact) mass is 446 g/mol. The summed E-state index contributed by atoms with van der Waals surface area (Å²) in [6.07, 6.45) is 2.72. The number of fused-ring (bicyclic) bond motifs is 1. The lowest BCUT2D eigenvalue weighted by Crippen LogP contribution is -2.31. The minimum Gasteiger partial charge on any atom is -0.481 e. The topological polar surface area (TPSA) is 94.0 Å². The van der Waals surface area contributed by atoms with E-state index in [1.165, 1.54) is 12.1 Å². The predicted molar refractivity (Wildman–Crippen MR) is 120 cm³/mol. The highest BCUT2D eigenvalue weighted by Crippen LogP contribution is 2.26. The number of amides is 1. The highest BCUT2D eigenvalue weighted by atomic mass is 32.2. The third-order valence-corrected chi connectivity index (χ3v) is 5.07. The molecule has 0 saturated carbocycles. The number of hydrogen-bond donors (Lipinski definition) is 2. The number of nitrogens with one attached hydrogen (secondary N) is 2. The fourth-order valence-electron chi connectivity index (χ4n) is 2.80. The number of halogens is 1. The Bertz CT molecular complexity index is 1030. The van der Waals surface area contributed by atoms with Crippen molar-refractivity contribution in [2.45, 2.75) is 44.1 Å². The molecule has 0 fully saturated rings. The summed E-state index contributed by atoms with van der Waals surface area (Å²) in [4.78, 5) is 21.3. The third-order valence-electron chi connectivity index (χ3n) is 4.20. The van der Waals surface area contributed by atoms with Crippen LogP contribution in [-0.2, 0) is 11.3 Å². The van der Waals surface area contributed by atoms with Gasteiger partial charge in [-0.3, -0.25) is 4.79 Å². The predicted octanol–water partition coefficient (Wildman–Crippen LogP) is 3.48. The van der Waals surface area contributed by atoms with Gasteiger partial charge in [0.05, 0.1) is 18.1 Å². The molecule has 31 heavy (non-hydrogen) atoms. The van der Waals surface area contributed by atoms with Gasteiger partial charge in [0.15, 0.2) is 29.0 Å². The smallest absolute Gasteiger partial charge is 0.258 e. The number of nitrogens with zero attached hydrogens (tertiary/aromatic N) is 4. The van der Waals surface area contributed by atoms with Gasteiger partial charge in [-0.1, -0.05) is 44.7 Å². The molecule has 166 valence electrons. The van der Waals surface area contributed by atoms with Gasteiger partial charge >= 0.3 is 0 Å². The zero-order valence-electron chi connectivity index (χ0n) is 17.9. The van der Waals surface area contributed by atoms with Crippen molar-refractivity contribution in [2.75, 3.05) is 25.0 Å². The summed E-state index contributed by atoms with van der Waals surface area (Å²) in [6.45, 7) is 7.60. The lowest BCUT2D eigenvalue weighted by atomic mass is 10.3. The van der Waals surface area contributed by atoms with E-state index in [1.54, 1.807) is 34.8 Å². The molecule has 0 atom stereocenters. The Labute approximate surface area is 185 Å². The SMILES string of the molecule is CCCNc1nc(SC(C)C)nc2c1cnn2CCNC(=O)COc1ccccc1F. The summed E-state index contributed by atoms with van der Waals surface area (Å²) in [7, 11) is 0. The molecule has 0 aliphatic rings. The van der Waals surface area contributed by atoms with Crippen LogP contribution in [0.2, 0.25) is 0 Å². The van der Waals surface area contributed by atoms with Gasteiger partial charge in [-0.15, -0.1) is 0 Å². The van der Waals surface area contributed by atoms with Crippen LogP contribution < -0.4 is 15.4 Å². The maximum absolute atomic E-state index is 13.6. The fourth-order valence-corrected chi connectivity index (χ4v) is 3.50. The number of hydrogen-bond acceptors (Lipinski definition) is 7. The standard InChI is InChI=1S/C21H27FN6O2S/c1-4-9-24-19-15-12-25-28(20(15)27-21(26-19)31-14(2)3)11-10-23-18(29)13-30-17-8-6-5-7-16(17)22/h5-8,12,14H,4,9-11,13H2,1-3H3,(H,23,29)(H,24,26,27). The molecule has 2 N–H and O–H groups in total. The molecular formula is C21H27FN6O2S. The fraction of sp³-hybridized carbons (Fsp3) is 0.429. The second-order valence-corrected chi connectivity index (χ2v) is 8.67. The average Bonchev–Trinajstić information content (AvgIpc) is 3.14. The van der Waals surface area contributed by atoms with E-state index in [9.17, 15) is 9.18 Å². The molecule has 2 heterocycles. The van der Waals surface area contributed by atoms with Crippen LogP contribution in [0.1, 0.15) is 27.2 Å². The zero-order valence-corrected chi connectivity index (χ0v) is 18.7. The first-order valence-corrected chi connectivity index (χ1v) is 11.1. The summed E-state index contributed by atoms with van der Waals surface area (Å²) in [5, 5.41) is 12.4. The van der Waals surface area contributed by atoms with Gasteiger partial charge < -0.3 is 15.4 Å². The highest BCUT2D eigenvalue weighted by Gasteiger charge is 2.14. The summed E-state index contributed by atoms with van der Waals surface area (Å²) in [5.74, 6) is -0.0190. The minimum absolute atomic E-state index is 0.0507. The molecule has 3 aromatic rings. The van der Waals surface area contributed by atoms with Gasteiger partial charge in [-0.05, 0) is 18.6 Å². The number of rotatable bonds is 11. The third kappa shape index (κ3) is 6.30. The van der Waals surface area contributed by atoms with Gasteiger partial charge in [-0.25, -0.2) is 19.0 Å². The molecule has 0 aliphatic heterocycles. The summed E-state index contributed by atoms with van der Waals surface area (Å²) < 4.78 is 20.5. The van der Waals surface area contributed by atoms with E-state index >= 15 is 0 Å². The number of para-hydroxylation sites is 1. The molecule has 10 heteroatoms. The van der Waals surface area contributed by atoms with Gasteiger partial charge in [0.2, 0.25) is 0 Å². The van der Waals surface area contributed by atoms with Crippen LogP contribution in [0.4, 0.5) is 10.2 Å². The van der Waals surface area contributed by atoms with Crippen molar-refractivity contribution in [1.82, 2.24) is 25.1 Å². The van der Waals surface area contributed by atoms with Crippen molar-refractivity contribution in [1.29, 1.82) is 0 Å². The Balaban J connectivity index is 1.63. The maximum Gasteiger partial charge on any atom is 0.258 e. The van der Waals surface area contributed by atoms with Crippen LogP contribution in [0.15, 0.2) is 35.6 Å². The second kappa shape index (κ2) is 10.9. The molecule has 8 nitrogen and oxygen atoms in total. The second-order valence-electron chi connectivity index (χ2n) is 7.12. The van der Waals surface area contributed by atoms with Crippen LogP contribution in [0.25, 0.3) is 11.0 Å². The normalized spacial score (nSPS) is 11.1. The first-order chi connectivity index (χ1) is 15.0. The van der Waals surface area contributed by atoms with Crippen molar-refractivity contribution < 1.29 is 13.9 Å². The van der Waals surface area contributed by atoms with Crippen LogP contribution >= 0.6 is 11.8 Å². The minimum atomic E-state index is -0.499. The molecule has 3 rings (SSSR count). The van der Waals surface area contributed by atoms with Crippen molar-refractivity contribution in [3.05, 3.63) is 36.3 Å². The van der Waals surface area contributed by atoms with E-state index in [0.29, 0.717) is 29.1 Å². The molecule has 0 spiro atoms. The van der Waals surface area contributed by atoms with E-state index in [0.717, 1.165) is 24.2 Å². The maximum atomic E-state index is 13.6. The summed E-state index contributed by atoms with van der Waals surface area (Å²) in [5.41, 5.74) is 0.716. The number of carbonyl (C=O) groups excluding carboxylic acids is 1. The van der Waals surface area contributed by atoms with Gasteiger partial charge in [-0.2, -0.15) is 5.10 Å². The van der Waals surface area contributed by atoms with E-state index in [-0.39, 0.29) is 18.3 Å². The lowest BCUT2D eigenvalue weighted by Gasteiger charge is -2.11. The molecule has 0 bridgehead atoms. The molecule has 0 radical (unpaired) electrons. The summed E-state index contributed by atoms with van der Waals surface area (Å²) >= 11 is 1.59. The highest BCUT2D eigenvalue weighted by molar-refractivity contribution is 7.99. The van der Waals surface area contributed by atoms with Crippen molar-refractivity contribution >= 4 is 34.5 Å². The van der Waals surface area contributed by atoms with E-state index < -0.39 is 5.82 Å². The van der Waals surface area contributed by atoms with Gasteiger partial charge in [0.1, 0.15) is 5.82 Å². The van der Waals surface area contributed by atoms with Crippen molar-refractivity contribution in [3.8, 4) is 5.75 Å². The van der Waals surface area contributed by atoms with Crippen molar-refractivity contribution in [3.63, 3.8) is 0 Å². The largest absolute Gasteiger partial charge is 0.481 e. The van der Waals surface area contributed by atoms with Crippen LogP contribution in [0.3, 0.4) is 0 Å². The summed E-state index contributed by atoms with van der Waals surface area (Å²) in [6, 6.07) is 5.98. The van der Waals surface area contributed by atoms with Crippen molar-refractivity contribution in [2.24, 2.45) is 0 Å². The number of carbonyl (C=O) groups is 1. The average molecular weight is 447 g/mol. The lowest BCUT2D eigenvalue weighted by molar-refractivity contribution is -0.123. The first kappa shape index (κ1) is 22.8. The van der Waals surface area contributed by atoms with E-state index in [1.807, 2.05) is 0 Å². The molecule has 0 saturated heterocycles. The molecule has 1 aromatic carbocycles. The molecule has 0 unspecified atom stereocenters. The quantitative estimate of drug-likeness (QED) is 0.344. The van der Waals surface area contributed by atoms with Gasteiger partial charge in [0.25, 0.3) is 5.91 Å². The molecule has 2 aromatic heterocycles. The van der Waals surface area contributed by atoms with E-state index in [4.69, 9.17) is 4.74 Å². The number of thioether (sulfide) groups is 1. The number of benzene rings is 1. The Hall–Kier alpha value is -2.88. The van der Waals surface area contributed by atoms with Crippen LogP contribution in [-0.4, -0.2) is 50.6 Å². The molecule has 1 amide bonds. The first-order valence-electron chi connectivity index (χ1n) is 10.3. The Morgan fingerprint density at radius 3 is 2.81 bits per heavy atom. The zero-order chi connectivity index (χ0) is 22.2. The number of aromatic nitrogens is 4. The Morgan fingerprint density at radius 2 is 2.06 bits per heavy atom. The Kier molecular flexibility index (Phi) is 8.05. The van der Waals surface area contributed by atoms with Crippen LogP contribution in [0.5, 0.6) is 5.75 Å².